The Bertz CT molecular complexity index is 819. The Morgan fingerprint density at radius 2 is 1.72 bits per heavy atom. The molecule has 8 heteroatoms. The van der Waals surface area contributed by atoms with Crippen molar-refractivity contribution in [1.29, 1.82) is 0 Å². The minimum absolute atomic E-state index is 0.196. The fourth-order valence-corrected chi connectivity index (χ4v) is 2.79. The summed E-state index contributed by atoms with van der Waals surface area (Å²) in [5.74, 6) is -1.04. The largest absolute Gasteiger partial charge is 0.462 e. The highest BCUT2D eigenvalue weighted by molar-refractivity contribution is 6.70. The van der Waals surface area contributed by atoms with E-state index in [1.807, 2.05) is 0 Å². The van der Waals surface area contributed by atoms with Gasteiger partial charge < -0.3 is 14.5 Å². The number of aromatic amines is 1. The molecule has 0 spiro atoms. The van der Waals surface area contributed by atoms with Crippen molar-refractivity contribution in [3.63, 3.8) is 0 Å². The van der Waals surface area contributed by atoms with E-state index in [1.165, 1.54) is 6.08 Å². The molecule has 1 N–H and O–H groups in total. The third-order valence-corrected chi connectivity index (χ3v) is 4.36. The normalized spacial score (nSPS) is 15.6. The fraction of sp³-hybridized carbons (Fsp3) is 0.353. The number of hydrogen-bond acceptors (Lipinski definition) is 5. The van der Waals surface area contributed by atoms with Gasteiger partial charge in [-0.2, -0.15) is 0 Å². The number of carbonyl (C=O) groups excluding carboxylic acids is 2. The Hall–Kier alpha value is -2.05. The lowest BCUT2D eigenvalue weighted by Crippen LogP contribution is -2.10. The molecular formula is C17H18Cl2N2O4. The third-order valence-electron chi connectivity index (χ3n) is 3.62. The van der Waals surface area contributed by atoms with Crippen LogP contribution in [0.1, 0.15) is 42.4 Å². The van der Waals surface area contributed by atoms with E-state index in [4.69, 9.17) is 32.7 Å². The molecule has 0 atom stereocenters. The number of esters is 2. The molecule has 1 aliphatic heterocycles. The van der Waals surface area contributed by atoms with Crippen molar-refractivity contribution in [2.24, 2.45) is 4.99 Å². The first-order valence-electron chi connectivity index (χ1n) is 7.71. The van der Waals surface area contributed by atoms with Gasteiger partial charge >= 0.3 is 11.9 Å². The summed E-state index contributed by atoms with van der Waals surface area (Å²) in [6.07, 6.45) is 1.54. The molecule has 0 unspecified atom stereocenters. The Labute approximate surface area is 155 Å². The maximum atomic E-state index is 12.2. The first-order chi connectivity index (χ1) is 11.8. The molecule has 2 heterocycles. The number of nitrogens with one attached hydrogen (secondary N) is 1. The summed E-state index contributed by atoms with van der Waals surface area (Å²) in [6, 6.07) is 0. The van der Waals surface area contributed by atoms with Gasteiger partial charge in [-0.15, -0.1) is 0 Å². The van der Waals surface area contributed by atoms with E-state index in [9.17, 15) is 9.59 Å². The highest BCUT2D eigenvalue weighted by Gasteiger charge is 2.28. The maximum absolute atomic E-state index is 12.2. The summed E-state index contributed by atoms with van der Waals surface area (Å²) in [5, 5.41) is 0.503. The molecule has 1 aromatic rings. The molecule has 134 valence electrons. The van der Waals surface area contributed by atoms with Gasteiger partial charge in [-0.1, -0.05) is 23.2 Å². The standard InChI is InChI=1S/C17H18Cl2N2O4/c1-5-24-16(22)12-8(3)14(18)20-10(12)7-11-13(17(23)25-6-2)9(4)15(19)21-11/h7,20H,5-6H2,1-4H3. The highest BCUT2D eigenvalue weighted by Crippen LogP contribution is 2.32. The Morgan fingerprint density at radius 3 is 2.32 bits per heavy atom. The summed E-state index contributed by atoms with van der Waals surface area (Å²) in [7, 11) is 0. The van der Waals surface area contributed by atoms with Gasteiger partial charge in [0.15, 0.2) is 0 Å². The third kappa shape index (κ3) is 3.80. The molecule has 2 rings (SSSR count). The van der Waals surface area contributed by atoms with Gasteiger partial charge in [-0.25, -0.2) is 14.6 Å². The molecular weight excluding hydrogens is 367 g/mol. The number of rotatable bonds is 5. The van der Waals surface area contributed by atoms with Crippen LogP contribution in [-0.2, 0) is 14.3 Å². The number of allylic oxidation sites excluding steroid dienone is 1. The van der Waals surface area contributed by atoms with E-state index in [2.05, 4.69) is 9.98 Å². The molecule has 0 bridgehead atoms. The van der Waals surface area contributed by atoms with Crippen LogP contribution in [0.3, 0.4) is 0 Å². The van der Waals surface area contributed by atoms with Crippen LogP contribution in [0.15, 0.2) is 21.8 Å². The molecule has 25 heavy (non-hydrogen) atoms. The van der Waals surface area contributed by atoms with Crippen LogP contribution in [0, 0.1) is 6.92 Å². The summed E-state index contributed by atoms with van der Waals surface area (Å²) >= 11 is 12.2. The lowest BCUT2D eigenvalue weighted by atomic mass is 10.1. The van der Waals surface area contributed by atoms with Crippen LogP contribution in [0.5, 0.6) is 0 Å². The lowest BCUT2D eigenvalue weighted by molar-refractivity contribution is -0.138. The van der Waals surface area contributed by atoms with Gasteiger partial charge in [0.2, 0.25) is 0 Å². The van der Waals surface area contributed by atoms with Crippen molar-refractivity contribution in [1.82, 2.24) is 4.98 Å². The van der Waals surface area contributed by atoms with Crippen molar-refractivity contribution in [2.45, 2.75) is 27.7 Å². The number of ether oxygens (including phenoxy) is 2. The number of nitrogens with zero attached hydrogens (tertiary/aromatic N) is 1. The Kier molecular flexibility index (Phi) is 6.08. The minimum Gasteiger partial charge on any atom is -0.462 e. The Balaban J connectivity index is 2.55. The second kappa shape index (κ2) is 7.89. The Morgan fingerprint density at radius 1 is 1.12 bits per heavy atom. The van der Waals surface area contributed by atoms with Gasteiger partial charge in [0.1, 0.15) is 10.3 Å². The van der Waals surface area contributed by atoms with Crippen molar-refractivity contribution in [2.75, 3.05) is 13.2 Å². The number of halogens is 2. The number of aromatic nitrogens is 1. The molecule has 1 aliphatic rings. The molecule has 0 aliphatic carbocycles. The topological polar surface area (TPSA) is 80.8 Å². The quantitative estimate of drug-likeness (QED) is 0.777. The van der Waals surface area contributed by atoms with Crippen molar-refractivity contribution >= 4 is 46.4 Å². The molecule has 0 fully saturated rings. The van der Waals surface area contributed by atoms with E-state index < -0.39 is 11.9 Å². The van der Waals surface area contributed by atoms with E-state index in [0.29, 0.717) is 33.2 Å². The number of carbonyl (C=O) groups is 2. The van der Waals surface area contributed by atoms with E-state index >= 15 is 0 Å². The zero-order valence-electron chi connectivity index (χ0n) is 14.3. The summed E-state index contributed by atoms with van der Waals surface area (Å²) in [5.41, 5.74) is 2.30. The molecule has 0 amide bonds. The smallest absolute Gasteiger partial charge is 0.340 e. The van der Waals surface area contributed by atoms with Gasteiger partial charge in [0.25, 0.3) is 0 Å². The SMILES string of the molecule is CCOC(=O)C1=C(C)C(Cl)=NC1=Cc1[nH]c(Cl)c(C)c1C(=O)OCC. The average Bonchev–Trinajstić information content (AvgIpc) is 2.97. The summed E-state index contributed by atoms with van der Waals surface area (Å²) < 4.78 is 10.1. The second-order valence-electron chi connectivity index (χ2n) is 5.23. The van der Waals surface area contributed by atoms with E-state index in [0.717, 1.165) is 0 Å². The van der Waals surface area contributed by atoms with Crippen LogP contribution < -0.4 is 0 Å². The van der Waals surface area contributed by atoms with Gasteiger partial charge in [0.05, 0.1) is 35.7 Å². The molecule has 1 aromatic heterocycles. The van der Waals surface area contributed by atoms with Crippen LogP contribution in [0.2, 0.25) is 5.15 Å². The second-order valence-corrected chi connectivity index (χ2v) is 5.96. The highest BCUT2D eigenvalue weighted by atomic mass is 35.5. The van der Waals surface area contributed by atoms with E-state index in [1.54, 1.807) is 27.7 Å². The first-order valence-corrected chi connectivity index (χ1v) is 8.47. The molecule has 0 aromatic carbocycles. The van der Waals surface area contributed by atoms with E-state index in [-0.39, 0.29) is 24.0 Å². The fourth-order valence-electron chi connectivity index (χ4n) is 2.40. The van der Waals surface area contributed by atoms with Crippen LogP contribution in [0.25, 0.3) is 6.08 Å². The zero-order chi connectivity index (χ0) is 18.7. The van der Waals surface area contributed by atoms with Gasteiger partial charge in [0, 0.05) is 11.1 Å². The maximum Gasteiger partial charge on any atom is 0.340 e. The first kappa shape index (κ1) is 19.3. The summed E-state index contributed by atoms with van der Waals surface area (Å²) in [6.45, 7) is 7.26. The van der Waals surface area contributed by atoms with Crippen molar-refractivity contribution in [3.8, 4) is 0 Å². The van der Waals surface area contributed by atoms with Gasteiger partial charge in [-0.05, 0) is 33.8 Å². The van der Waals surface area contributed by atoms with Crippen molar-refractivity contribution in [3.05, 3.63) is 38.8 Å². The predicted molar refractivity (Wildman–Crippen MR) is 97.1 cm³/mol. The summed E-state index contributed by atoms with van der Waals surface area (Å²) in [4.78, 5) is 31.5. The monoisotopic (exact) mass is 384 g/mol. The van der Waals surface area contributed by atoms with Gasteiger partial charge in [-0.3, -0.25) is 0 Å². The number of H-pyrrole nitrogens is 1. The predicted octanol–water partition coefficient (Wildman–Crippen LogP) is 4.02. The number of aliphatic imine (C=N–C) groups is 1. The minimum atomic E-state index is -0.530. The molecule has 0 saturated heterocycles. The van der Waals surface area contributed by atoms with Crippen LogP contribution >= 0.6 is 23.2 Å². The van der Waals surface area contributed by atoms with Crippen LogP contribution in [0.4, 0.5) is 0 Å². The average molecular weight is 385 g/mol. The molecule has 0 saturated carbocycles. The number of hydrogen-bond donors (Lipinski definition) is 1. The molecule has 6 nitrogen and oxygen atoms in total. The van der Waals surface area contributed by atoms with Crippen molar-refractivity contribution < 1.29 is 19.1 Å². The zero-order valence-corrected chi connectivity index (χ0v) is 15.8. The van der Waals surface area contributed by atoms with Crippen LogP contribution in [-0.4, -0.2) is 35.3 Å². The molecule has 0 radical (unpaired) electrons. The lowest BCUT2D eigenvalue weighted by Gasteiger charge is -2.06.